The first-order valence-electron chi connectivity index (χ1n) is 3.34. The van der Waals surface area contributed by atoms with Gasteiger partial charge in [-0.3, -0.25) is 5.41 Å². The van der Waals surface area contributed by atoms with Gasteiger partial charge in [0.25, 0.3) is 0 Å². The third-order valence-corrected chi connectivity index (χ3v) is 1.53. The zero-order chi connectivity index (χ0) is 9.07. The van der Waals surface area contributed by atoms with Gasteiger partial charge in [-0.05, 0) is 25.4 Å². The van der Waals surface area contributed by atoms with Crippen LogP contribution in [0.1, 0.15) is 13.8 Å². The van der Waals surface area contributed by atoms with Crippen LogP contribution in [0, 0.1) is 5.41 Å². The van der Waals surface area contributed by atoms with Crippen molar-refractivity contribution in [2.45, 2.75) is 19.2 Å². The summed E-state index contributed by atoms with van der Waals surface area (Å²) in [6, 6.07) is 0. The molecule has 0 unspecified atom stereocenters. The normalized spacial score (nSPS) is 11.4. The topological polar surface area (TPSA) is 27.1 Å². The maximum absolute atomic E-state index is 12.2. The van der Waals surface area contributed by atoms with Crippen LogP contribution in [0.15, 0.2) is 0 Å². The Morgan fingerprint density at radius 1 is 1.45 bits per heavy atom. The second-order valence-electron chi connectivity index (χ2n) is 2.02. The number of hydrogen-bond donors (Lipinski definition) is 1. The van der Waals surface area contributed by atoms with E-state index in [1.165, 1.54) is 4.90 Å². The first-order valence-corrected chi connectivity index (χ1v) is 3.72. The molecule has 0 saturated heterocycles. The molecule has 5 heteroatoms. The first kappa shape index (κ1) is 10.6. The zero-order valence-electron chi connectivity index (χ0n) is 6.50. The van der Waals surface area contributed by atoms with E-state index >= 15 is 0 Å². The average Bonchev–Trinajstić information content (AvgIpc) is 1.88. The van der Waals surface area contributed by atoms with Crippen molar-refractivity contribution in [3.63, 3.8) is 0 Å². The van der Waals surface area contributed by atoms with Crippen molar-refractivity contribution in [1.82, 2.24) is 4.90 Å². The molecule has 0 heterocycles. The summed E-state index contributed by atoms with van der Waals surface area (Å²) in [6.45, 7) is 4.14. The van der Waals surface area contributed by atoms with Gasteiger partial charge in [0.05, 0.1) is 0 Å². The summed E-state index contributed by atoms with van der Waals surface area (Å²) in [5, 5.41) is 3.41. The minimum absolute atomic E-state index is 0.373. The van der Waals surface area contributed by atoms with Gasteiger partial charge in [0, 0.05) is 13.1 Å². The lowest BCUT2D eigenvalue weighted by atomic mass is 10.4. The standard InChI is InChI=1S/C6H11ClF2N2/c1-3-11(4-2)5(10)6(7,8)9/h10H,3-4H2,1-2H3. The molecule has 0 aromatic rings. The molecule has 11 heavy (non-hydrogen) atoms. The fraction of sp³-hybridized carbons (Fsp3) is 0.833. The van der Waals surface area contributed by atoms with E-state index in [2.05, 4.69) is 11.6 Å². The molecule has 0 bridgehead atoms. The molecule has 1 N–H and O–H groups in total. The number of halogens is 3. The van der Waals surface area contributed by atoms with E-state index < -0.39 is 11.2 Å². The number of rotatable bonds is 3. The van der Waals surface area contributed by atoms with Gasteiger partial charge in [-0.2, -0.15) is 8.78 Å². The quantitative estimate of drug-likeness (QED) is 0.406. The zero-order valence-corrected chi connectivity index (χ0v) is 7.25. The molecule has 0 aromatic heterocycles. The molecule has 0 radical (unpaired) electrons. The van der Waals surface area contributed by atoms with E-state index in [-0.39, 0.29) is 0 Å². The van der Waals surface area contributed by atoms with Crippen LogP contribution >= 0.6 is 11.6 Å². The van der Waals surface area contributed by atoms with E-state index in [0.29, 0.717) is 13.1 Å². The fourth-order valence-electron chi connectivity index (χ4n) is 0.719. The van der Waals surface area contributed by atoms with Crippen LogP contribution in [-0.2, 0) is 0 Å². The summed E-state index contributed by atoms with van der Waals surface area (Å²) in [7, 11) is 0. The maximum Gasteiger partial charge on any atom is 0.379 e. The lowest BCUT2D eigenvalue weighted by Crippen LogP contribution is -2.39. The predicted octanol–water partition coefficient (Wildman–Crippen LogP) is 2.14. The summed E-state index contributed by atoms with van der Waals surface area (Å²) in [5.41, 5.74) is 0. The molecule has 0 aliphatic rings. The summed E-state index contributed by atoms with van der Waals surface area (Å²) < 4.78 is 24.5. The molecule has 0 aromatic carbocycles. The first-order chi connectivity index (χ1) is 4.93. The average molecular weight is 185 g/mol. The molecule has 0 fully saturated rings. The summed E-state index contributed by atoms with van der Waals surface area (Å²) >= 11 is 4.64. The third-order valence-electron chi connectivity index (χ3n) is 1.35. The van der Waals surface area contributed by atoms with Crippen molar-refractivity contribution in [2.75, 3.05) is 13.1 Å². The van der Waals surface area contributed by atoms with Crippen molar-refractivity contribution < 1.29 is 8.78 Å². The van der Waals surface area contributed by atoms with Crippen LogP contribution in [0.2, 0.25) is 0 Å². The second kappa shape index (κ2) is 3.85. The van der Waals surface area contributed by atoms with Gasteiger partial charge >= 0.3 is 5.38 Å². The van der Waals surface area contributed by atoms with E-state index in [4.69, 9.17) is 5.41 Å². The van der Waals surface area contributed by atoms with Crippen molar-refractivity contribution in [3.8, 4) is 0 Å². The van der Waals surface area contributed by atoms with Crippen molar-refractivity contribution >= 4 is 17.4 Å². The molecule has 0 aliphatic heterocycles. The Bertz CT molecular complexity index is 140. The van der Waals surface area contributed by atoms with E-state index in [9.17, 15) is 8.78 Å². The molecule has 0 spiro atoms. The Morgan fingerprint density at radius 2 is 1.82 bits per heavy atom. The van der Waals surface area contributed by atoms with Crippen molar-refractivity contribution in [2.24, 2.45) is 0 Å². The monoisotopic (exact) mass is 184 g/mol. The minimum Gasteiger partial charge on any atom is -0.355 e. The van der Waals surface area contributed by atoms with Gasteiger partial charge in [0.1, 0.15) is 0 Å². The van der Waals surface area contributed by atoms with Gasteiger partial charge in [-0.15, -0.1) is 0 Å². The molecule has 0 rings (SSSR count). The number of alkyl halides is 3. The van der Waals surface area contributed by atoms with E-state index in [0.717, 1.165) is 0 Å². The Morgan fingerprint density at radius 3 is 1.91 bits per heavy atom. The predicted molar refractivity (Wildman–Crippen MR) is 41.4 cm³/mol. The number of nitrogens with one attached hydrogen (secondary N) is 1. The molecule has 2 nitrogen and oxygen atoms in total. The third kappa shape index (κ3) is 3.01. The fourth-order valence-corrected chi connectivity index (χ4v) is 0.839. The Labute approximate surface area is 69.6 Å². The van der Waals surface area contributed by atoms with Crippen molar-refractivity contribution in [1.29, 1.82) is 5.41 Å². The highest BCUT2D eigenvalue weighted by Crippen LogP contribution is 2.21. The SMILES string of the molecule is CCN(CC)C(=N)C(F)(F)Cl. The molecular weight excluding hydrogens is 174 g/mol. The smallest absolute Gasteiger partial charge is 0.355 e. The molecule has 0 atom stereocenters. The molecule has 0 amide bonds. The summed E-state index contributed by atoms with van der Waals surface area (Å²) in [4.78, 5) is 1.20. The van der Waals surface area contributed by atoms with Crippen LogP contribution in [0.3, 0.4) is 0 Å². The van der Waals surface area contributed by atoms with Gasteiger partial charge in [0.15, 0.2) is 5.84 Å². The Balaban J connectivity index is 4.22. The second-order valence-corrected chi connectivity index (χ2v) is 2.49. The number of amidine groups is 1. The van der Waals surface area contributed by atoms with Crippen LogP contribution < -0.4 is 0 Å². The highest BCUT2D eigenvalue weighted by Gasteiger charge is 2.34. The molecule has 0 saturated carbocycles. The highest BCUT2D eigenvalue weighted by molar-refractivity contribution is 6.32. The highest BCUT2D eigenvalue weighted by atomic mass is 35.5. The van der Waals surface area contributed by atoms with E-state index in [1.807, 2.05) is 0 Å². The van der Waals surface area contributed by atoms with Crippen LogP contribution in [-0.4, -0.2) is 29.2 Å². The molecule has 66 valence electrons. The van der Waals surface area contributed by atoms with Crippen molar-refractivity contribution in [3.05, 3.63) is 0 Å². The van der Waals surface area contributed by atoms with Gasteiger partial charge in [-0.1, -0.05) is 0 Å². The lowest BCUT2D eigenvalue weighted by molar-refractivity contribution is 0.154. The number of nitrogens with zero attached hydrogens (tertiary/aromatic N) is 1. The van der Waals surface area contributed by atoms with Crippen LogP contribution in [0.25, 0.3) is 0 Å². The van der Waals surface area contributed by atoms with Gasteiger partial charge in [0.2, 0.25) is 0 Å². The summed E-state index contributed by atoms with van der Waals surface area (Å²) in [5.74, 6) is -0.829. The Hall–Kier alpha value is -0.380. The van der Waals surface area contributed by atoms with E-state index in [1.54, 1.807) is 13.8 Å². The largest absolute Gasteiger partial charge is 0.379 e. The Kier molecular flexibility index (Phi) is 3.72. The maximum atomic E-state index is 12.2. The van der Waals surface area contributed by atoms with Gasteiger partial charge < -0.3 is 4.90 Å². The number of hydrogen-bond acceptors (Lipinski definition) is 1. The molecule has 0 aliphatic carbocycles. The minimum atomic E-state index is -3.54. The van der Waals surface area contributed by atoms with Crippen LogP contribution in [0.4, 0.5) is 8.78 Å². The summed E-state index contributed by atoms with van der Waals surface area (Å²) in [6.07, 6.45) is 0. The molecular formula is C6H11ClF2N2. The lowest BCUT2D eigenvalue weighted by Gasteiger charge is -2.23. The van der Waals surface area contributed by atoms with Gasteiger partial charge in [-0.25, -0.2) is 0 Å². The van der Waals surface area contributed by atoms with Crippen LogP contribution in [0.5, 0.6) is 0 Å².